The van der Waals surface area contributed by atoms with Gasteiger partial charge < -0.3 is 10.2 Å². The Labute approximate surface area is 183 Å². The molecule has 2 N–H and O–H groups in total. The number of hydrogen-bond donors (Lipinski definition) is 1. The van der Waals surface area contributed by atoms with Crippen LogP contribution >= 0.6 is 22.9 Å². The van der Waals surface area contributed by atoms with Crippen molar-refractivity contribution in [2.24, 2.45) is 10.7 Å². The molecule has 1 aliphatic rings. The van der Waals surface area contributed by atoms with Gasteiger partial charge in [-0.2, -0.15) is 0 Å². The molecule has 0 aliphatic carbocycles. The normalized spacial score (nSPS) is 23.8. The fourth-order valence-electron chi connectivity index (χ4n) is 3.14. The van der Waals surface area contributed by atoms with Gasteiger partial charge in [0.25, 0.3) is 5.89 Å². The molecule has 1 aliphatic heterocycles. The molecule has 0 amide bonds. The summed E-state index contributed by atoms with van der Waals surface area (Å²) in [6.07, 6.45) is 0. The summed E-state index contributed by atoms with van der Waals surface area (Å²) in [4.78, 5) is 9.26. The summed E-state index contributed by atoms with van der Waals surface area (Å²) in [6.45, 7) is 8.86. The lowest BCUT2D eigenvalue weighted by molar-refractivity contribution is 0.522. The second-order valence-electron chi connectivity index (χ2n) is 7.02. The van der Waals surface area contributed by atoms with E-state index in [4.69, 9.17) is 28.3 Å². The van der Waals surface area contributed by atoms with Crippen molar-refractivity contribution in [3.8, 4) is 22.2 Å². The fraction of sp³-hybridized carbons (Fsp3) is 0.211. The first-order chi connectivity index (χ1) is 14.1. The standard InChI is InChI=1S/C19H17ClN6O2S2/c1-19(10-30(4,27)26(3)18(21)23-19)15-13(20)9-14(29-15)17-25-24-16(28-17)11-5-7-12(22-2)8-6-11/h5-9H,4,10H2,1,3H3,(H2,21,23)/t19-,30?/m0/s1. The molecule has 1 aromatic carbocycles. The molecule has 11 heteroatoms. The molecule has 0 bridgehead atoms. The van der Waals surface area contributed by atoms with Crippen LogP contribution in [-0.2, 0) is 15.2 Å². The van der Waals surface area contributed by atoms with Gasteiger partial charge in [-0.05, 0) is 18.9 Å². The number of nitrogens with zero attached hydrogens (tertiary/aromatic N) is 5. The maximum atomic E-state index is 12.9. The average Bonchev–Trinajstić information content (AvgIpc) is 3.33. The Morgan fingerprint density at radius 2 is 2.03 bits per heavy atom. The van der Waals surface area contributed by atoms with E-state index in [-0.39, 0.29) is 11.7 Å². The van der Waals surface area contributed by atoms with Crippen molar-refractivity contribution in [2.75, 3.05) is 12.8 Å². The topological polar surface area (TPSA) is 102 Å². The Bertz CT molecular complexity index is 1300. The molecule has 0 spiro atoms. The van der Waals surface area contributed by atoms with Gasteiger partial charge in [-0.3, -0.25) is 4.31 Å². The van der Waals surface area contributed by atoms with Crippen LogP contribution in [0.25, 0.3) is 27.1 Å². The molecule has 4 rings (SSSR count). The van der Waals surface area contributed by atoms with E-state index in [0.717, 1.165) is 0 Å². The lowest BCUT2D eigenvalue weighted by Gasteiger charge is -2.36. The van der Waals surface area contributed by atoms with Crippen LogP contribution in [-0.4, -0.2) is 43.3 Å². The van der Waals surface area contributed by atoms with Gasteiger partial charge in [0, 0.05) is 12.6 Å². The highest BCUT2D eigenvalue weighted by Gasteiger charge is 2.40. The summed E-state index contributed by atoms with van der Waals surface area (Å²) in [5.74, 6) is 4.79. The van der Waals surface area contributed by atoms with Gasteiger partial charge >= 0.3 is 0 Å². The molecule has 3 heterocycles. The van der Waals surface area contributed by atoms with Gasteiger partial charge in [-0.15, -0.1) is 21.5 Å². The minimum absolute atomic E-state index is 0.151. The molecule has 30 heavy (non-hydrogen) atoms. The molecule has 0 radical (unpaired) electrons. The predicted molar refractivity (Wildman–Crippen MR) is 121 cm³/mol. The molecule has 0 saturated carbocycles. The highest BCUT2D eigenvalue weighted by atomic mass is 35.5. The third kappa shape index (κ3) is 3.45. The largest absolute Gasteiger partial charge is 0.415 e. The highest BCUT2D eigenvalue weighted by molar-refractivity contribution is 7.98. The van der Waals surface area contributed by atoms with Crippen molar-refractivity contribution < 1.29 is 8.63 Å². The van der Waals surface area contributed by atoms with Gasteiger partial charge in [0.1, 0.15) is 5.54 Å². The van der Waals surface area contributed by atoms with Crippen LogP contribution in [0.5, 0.6) is 0 Å². The number of benzene rings is 1. The predicted octanol–water partition coefficient (Wildman–Crippen LogP) is 3.78. The minimum Gasteiger partial charge on any atom is -0.415 e. The van der Waals surface area contributed by atoms with Crippen LogP contribution in [0.4, 0.5) is 5.69 Å². The van der Waals surface area contributed by atoms with E-state index < -0.39 is 15.2 Å². The molecule has 2 aromatic heterocycles. The number of aliphatic imine (C=N–C) groups is 1. The molecule has 0 saturated heterocycles. The molecular formula is C19H17ClN6O2S2. The Morgan fingerprint density at radius 1 is 1.37 bits per heavy atom. The van der Waals surface area contributed by atoms with E-state index in [1.165, 1.54) is 15.6 Å². The molecule has 8 nitrogen and oxygen atoms in total. The van der Waals surface area contributed by atoms with Crippen LogP contribution in [0, 0.1) is 6.57 Å². The molecule has 3 aromatic rings. The molecule has 0 fully saturated rings. The van der Waals surface area contributed by atoms with Gasteiger partial charge in [0.15, 0.2) is 5.69 Å². The number of halogens is 1. The summed E-state index contributed by atoms with van der Waals surface area (Å²) in [7, 11) is -1.01. The number of rotatable bonds is 3. The number of hydrogen-bond acceptors (Lipinski definition) is 7. The summed E-state index contributed by atoms with van der Waals surface area (Å²) < 4.78 is 20.1. The molecule has 2 atom stereocenters. The second kappa shape index (κ2) is 7.12. The molecule has 154 valence electrons. The first-order valence-corrected chi connectivity index (χ1v) is 11.7. The SMILES string of the molecule is [C-]#[N+]c1ccc(-c2nnc(-c3cc(Cl)c([C@]4(C)CS(=C)(=O)N(C)C(N)=N4)s3)o2)cc1. The van der Waals surface area contributed by atoms with Gasteiger partial charge in [0.2, 0.25) is 11.9 Å². The Morgan fingerprint density at radius 3 is 2.67 bits per heavy atom. The average molecular weight is 461 g/mol. The summed E-state index contributed by atoms with van der Waals surface area (Å²) >= 11 is 7.84. The quantitative estimate of drug-likeness (QED) is 0.473. The smallest absolute Gasteiger partial charge is 0.258 e. The zero-order valence-electron chi connectivity index (χ0n) is 16.1. The van der Waals surface area contributed by atoms with E-state index in [2.05, 4.69) is 25.9 Å². The first kappa shape index (κ1) is 20.4. The number of guanidine groups is 1. The first-order valence-electron chi connectivity index (χ1n) is 8.69. The molecule has 1 unspecified atom stereocenters. The lowest BCUT2D eigenvalue weighted by Crippen LogP contribution is -2.50. The third-order valence-electron chi connectivity index (χ3n) is 4.74. The Balaban J connectivity index is 1.70. The highest BCUT2D eigenvalue weighted by Crippen LogP contribution is 2.44. The summed E-state index contributed by atoms with van der Waals surface area (Å²) in [5, 5.41) is 8.67. The fourth-order valence-corrected chi connectivity index (χ4v) is 6.45. The number of thiophene rings is 1. The van der Waals surface area contributed by atoms with Crippen molar-refractivity contribution in [2.45, 2.75) is 12.5 Å². The van der Waals surface area contributed by atoms with Crippen LogP contribution in [0.3, 0.4) is 0 Å². The van der Waals surface area contributed by atoms with Gasteiger partial charge in [0.05, 0.1) is 36.8 Å². The van der Waals surface area contributed by atoms with Gasteiger partial charge in [-0.25, -0.2) is 14.0 Å². The van der Waals surface area contributed by atoms with E-state index in [0.29, 0.717) is 37.8 Å². The van der Waals surface area contributed by atoms with Crippen LogP contribution in [0.15, 0.2) is 39.7 Å². The molecular weight excluding hydrogens is 444 g/mol. The Hall–Kier alpha value is -2.87. The number of aromatic nitrogens is 2. The van der Waals surface area contributed by atoms with Crippen LogP contribution < -0.4 is 5.73 Å². The summed E-state index contributed by atoms with van der Waals surface area (Å²) in [5.41, 5.74) is 6.34. The van der Waals surface area contributed by atoms with Crippen molar-refractivity contribution in [1.29, 1.82) is 0 Å². The minimum atomic E-state index is -2.62. The zero-order valence-corrected chi connectivity index (χ0v) is 18.5. The maximum Gasteiger partial charge on any atom is 0.258 e. The second-order valence-corrected chi connectivity index (χ2v) is 10.9. The van der Waals surface area contributed by atoms with E-state index >= 15 is 0 Å². The maximum absolute atomic E-state index is 12.9. The van der Waals surface area contributed by atoms with E-state index in [9.17, 15) is 4.21 Å². The number of nitrogens with two attached hydrogens (primary N) is 1. The van der Waals surface area contributed by atoms with Gasteiger partial charge in [-0.1, -0.05) is 35.9 Å². The monoisotopic (exact) mass is 460 g/mol. The van der Waals surface area contributed by atoms with E-state index in [1.54, 1.807) is 37.4 Å². The van der Waals surface area contributed by atoms with Crippen molar-refractivity contribution in [1.82, 2.24) is 14.5 Å². The zero-order chi connectivity index (χ0) is 21.7. The lowest BCUT2D eigenvalue weighted by atomic mass is 10.0. The Kier molecular flexibility index (Phi) is 4.85. The van der Waals surface area contributed by atoms with Crippen molar-refractivity contribution in [3.63, 3.8) is 0 Å². The van der Waals surface area contributed by atoms with Crippen molar-refractivity contribution >= 4 is 50.2 Å². The third-order valence-corrected chi connectivity index (χ3v) is 8.73. The van der Waals surface area contributed by atoms with Crippen molar-refractivity contribution in [3.05, 3.63) is 51.6 Å². The summed E-state index contributed by atoms with van der Waals surface area (Å²) in [6, 6.07) is 8.60. The van der Waals surface area contributed by atoms with Crippen LogP contribution in [0.1, 0.15) is 11.8 Å². The van der Waals surface area contributed by atoms with E-state index in [1.807, 2.05) is 6.92 Å². The van der Waals surface area contributed by atoms with Crippen LogP contribution in [0.2, 0.25) is 5.02 Å².